The second kappa shape index (κ2) is 7.86. The van der Waals surface area contributed by atoms with Gasteiger partial charge in [-0.15, -0.1) is 0 Å². The van der Waals surface area contributed by atoms with E-state index in [1.54, 1.807) is 4.90 Å². The Morgan fingerprint density at radius 1 is 1.32 bits per heavy atom. The zero-order valence-corrected chi connectivity index (χ0v) is 12.0. The van der Waals surface area contributed by atoms with Gasteiger partial charge in [-0.25, -0.2) is 4.79 Å². The zero-order valence-electron chi connectivity index (χ0n) is 12.0. The Morgan fingerprint density at radius 2 is 1.89 bits per heavy atom. The number of hydrogen-bond donors (Lipinski definition) is 2. The first-order chi connectivity index (χ1) is 9.06. The summed E-state index contributed by atoms with van der Waals surface area (Å²) in [4.78, 5) is 16.2. The van der Waals surface area contributed by atoms with Crippen molar-refractivity contribution < 1.29 is 10.0 Å². The Balaban J connectivity index is 2.60. The number of nitrogens with zero attached hydrogens (tertiary/aromatic N) is 3. The molecule has 0 aromatic rings. The van der Waals surface area contributed by atoms with Crippen LogP contribution in [0, 0.1) is 0 Å². The molecule has 0 saturated carbocycles. The van der Waals surface area contributed by atoms with Crippen LogP contribution >= 0.6 is 0 Å². The van der Waals surface area contributed by atoms with E-state index in [2.05, 4.69) is 5.16 Å². The smallest absolute Gasteiger partial charge is 0.320 e. The number of amides is 2. The van der Waals surface area contributed by atoms with Crippen LogP contribution in [0.2, 0.25) is 0 Å². The highest BCUT2D eigenvalue weighted by Gasteiger charge is 2.23. The lowest BCUT2D eigenvalue weighted by atomic mass is 10.2. The maximum Gasteiger partial charge on any atom is 0.320 e. The van der Waals surface area contributed by atoms with Crippen molar-refractivity contribution in [2.75, 3.05) is 19.6 Å². The Morgan fingerprint density at radius 3 is 2.37 bits per heavy atom. The average Bonchev–Trinajstić information content (AvgIpc) is 2.66. The maximum absolute atomic E-state index is 12.5. The van der Waals surface area contributed by atoms with Gasteiger partial charge in [-0.2, -0.15) is 0 Å². The van der Waals surface area contributed by atoms with E-state index in [1.807, 2.05) is 18.7 Å². The number of oxime groups is 1. The highest BCUT2D eigenvalue weighted by atomic mass is 16.4. The molecule has 0 unspecified atom stereocenters. The third-order valence-electron chi connectivity index (χ3n) is 3.48. The molecule has 1 heterocycles. The minimum absolute atomic E-state index is 0.0719. The van der Waals surface area contributed by atoms with E-state index in [1.165, 1.54) is 12.8 Å². The molecule has 19 heavy (non-hydrogen) atoms. The van der Waals surface area contributed by atoms with Crippen molar-refractivity contribution in [2.45, 2.75) is 52.0 Å². The van der Waals surface area contributed by atoms with Crippen LogP contribution in [0.3, 0.4) is 0 Å². The minimum Gasteiger partial charge on any atom is -0.409 e. The van der Waals surface area contributed by atoms with Crippen LogP contribution in [0.25, 0.3) is 0 Å². The monoisotopic (exact) mass is 270 g/mol. The highest BCUT2D eigenvalue weighted by Crippen LogP contribution is 2.13. The number of hydrogen-bond acceptors (Lipinski definition) is 3. The Kier molecular flexibility index (Phi) is 6.45. The number of likely N-dealkylation sites (tertiary alicyclic amines) is 1. The van der Waals surface area contributed by atoms with Crippen LogP contribution in [-0.2, 0) is 0 Å². The lowest BCUT2D eigenvalue weighted by Gasteiger charge is -2.32. The molecule has 0 atom stereocenters. The molecule has 0 aromatic carbocycles. The van der Waals surface area contributed by atoms with E-state index >= 15 is 0 Å². The summed E-state index contributed by atoms with van der Waals surface area (Å²) in [5, 5.41) is 11.5. The fourth-order valence-electron chi connectivity index (χ4n) is 2.30. The maximum atomic E-state index is 12.5. The number of carbonyl (C=O) groups is 1. The number of rotatable bonds is 4. The van der Waals surface area contributed by atoms with Gasteiger partial charge in [0.25, 0.3) is 0 Å². The summed E-state index contributed by atoms with van der Waals surface area (Å²) in [6, 6.07) is 0.185. The Hall–Kier alpha value is -1.46. The summed E-state index contributed by atoms with van der Waals surface area (Å²) >= 11 is 0. The molecule has 0 bridgehead atoms. The summed E-state index contributed by atoms with van der Waals surface area (Å²) in [5.41, 5.74) is 5.47. The molecule has 1 aliphatic rings. The van der Waals surface area contributed by atoms with Crippen LogP contribution in [0.15, 0.2) is 5.16 Å². The van der Waals surface area contributed by atoms with Crippen LogP contribution in [0.5, 0.6) is 0 Å². The fourth-order valence-corrected chi connectivity index (χ4v) is 2.30. The molecule has 0 aliphatic carbocycles. The summed E-state index contributed by atoms with van der Waals surface area (Å²) in [6.07, 6.45) is 4.97. The summed E-state index contributed by atoms with van der Waals surface area (Å²) in [7, 11) is 0. The molecule has 1 fully saturated rings. The molecule has 0 radical (unpaired) electrons. The van der Waals surface area contributed by atoms with Crippen molar-refractivity contribution in [1.82, 2.24) is 9.80 Å². The average molecular weight is 270 g/mol. The first kappa shape index (κ1) is 15.6. The van der Waals surface area contributed by atoms with Crippen molar-refractivity contribution in [2.24, 2.45) is 10.9 Å². The number of urea groups is 1. The zero-order chi connectivity index (χ0) is 14.3. The molecule has 1 rings (SSSR count). The van der Waals surface area contributed by atoms with Gasteiger partial charge in [0.05, 0.1) is 0 Å². The molecule has 2 amide bonds. The largest absolute Gasteiger partial charge is 0.409 e. The molecule has 1 aliphatic heterocycles. The van der Waals surface area contributed by atoms with Gasteiger partial charge in [-0.3, -0.25) is 0 Å². The van der Waals surface area contributed by atoms with Crippen LogP contribution in [0.4, 0.5) is 4.79 Å². The van der Waals surface area contributed by atoms with Gasteiger partial charge >= 0.3 is 6.03 Å². The van der Waals surface area contributed by atoms with Gasteiger partial charge in [0.15, 0.2) is 0 Å². The summed E-state index contributed by atoms with van der Waals surface area (Å²) in [6.45, 7) is 6.14. The van der Waals surface area contributed by atoms with Crippen molar-refractivity contribution in [3.05, 3.63) is 0 Å². The van der Waals surface area contributed by atoms with Crippen molar-refractivity contribution in [3.8, 4) is 0 Å². The molecule has 110 valence electrons. The molecule has 0 spiro atoms. The van der Waals surface area contributed by atoms with E-state index in [0.717, 1.165) is 25.9 Å². The van der Waals surface area contributed by atoms with Gasteiger partial charge in [0.2, 0.25) is 0 Å². The molecule has 6 heteroatoms. The Bertz CT molecular complexity index is 310. The topological polar surface area (TPSA) is 82.2 Å². The van der Waals surface area contributed by atoms with Crippen LogP contribution in [-0.4, -0.2) is 52.5 Å². The number of nitrogens with two attached hydrogens (primary N) is 1. The quantitative estimate of drug-likeness (QED) is 0.354. The second-order valence-electron chi connectivity index (χ2n) is 5.31. The minimum atomic E-state index is 0.0719. The third-order valence-corrected chi connectivity index (χ3v) is 3.48. The standard InChI is InChI=1S/C13H26N4O2/c1-11(2)17(10-7-12(14)15-19)13(18)16-8-5-3-4-6-9-16/h11,19H,3-10H2,1-2H3,(H2,14,15). The Labute approximate surface area is 115 Å². The lowest BCUT2D eigenvalue weighted by molar-refractivity contribution is 0.142. The molecule has 6 nitrogen and oxygen atoms in total. The van der Waals surface area contributed by atoms with Crippen molar-refractivity contribution >= 4 is 11.9 Å². The first-order valence-electron chi connectivity index (χ1n) is 7.08. The fraction of sp³-hybridized carbons (Fsp3) is 0.846. The highest BCUT2D eigenvalue weighted by molar-refractivity contribution is 5.81. The van der Waals surface area contributed by atoms with Gasteiger partial charge in [0.1, 0.15) is 5.84 Å². The van der Waals surface area contributed by atoms with Gasteiger partial charge in [0, 0.05) is 32.1 Å². The van der Waals surface area contributed by atoms with Crippen molar-refractivity contribution in [1.29, 1.82) is 0 Å². The summed E-state index contributed by atoms with van der Waals surface area (Å²) < 4.78 is 0. The van der Waals surface area contributed by atoms with E-state index in [9.17, 15) is 4.79 Å². The lowest BCUT2D eigenvalue weighted by Crippen LogP contribution is -2.47. The molecular weight excluding hydrogens is 244 g/mol. The molecule has 1 saturated heterocycles. The molecular formula is C13H26N4O2. The normalized spacial score (nSPS) is 17.4. The number of amidine groups is 1. The van der Waals surface area contributed by atoms with Gasteiger partial charge < -0.3 is 20.7 Å². The van der Waals surface area contributed by atoms with E-state index in [-0.39, 0.29) is 17.9 Å². The van der Waals surface area contributed by atoms with Gasteiger partial charge in [-0.1, -0.05) is 18.0 Å². The second-order valence-corrected chi connectivity index (χ2v) is 5.31. The van der Waals surface area contributed by atoms with E-state index < -0.39 is 0 Å². The predicted molar refractivity (Wildman–Crippen MR) is 75.3 cm³/mol. The third kappa shape index (κ3) is 4.96. The van der Waals surface area contributed by atoms with Crippen molar-refractivity contribution in [3.63, 3.8) is 0 Å². The SMILES string of the molecule is CC(C)N(CCC(N)=NO)C(=O)N1CCCCCC1. The van der Waals surface area contributed by atoms with Crippen LogP contribution in [0.1, 0.15) is 46.0 Å². The van der Waals surface area contributed by atoms with Crippen LogP contribution < -0.4 is 5.73 Å². The first-order valence-corrected chi connectivity index (χ1v) is 7.08. The van der Waals surface area contributed by atoms with Gasteiger partial charge in [-0.05, 0) is 26.7 Å². The van der Waals surface area contributed by atoms with E-state index in [4.69, 9.17) is 10.9 Å². The number of carbonyl (C=O) groups excluding carboxylic acids is 1. The van der Waals surface area contributed by atoms with E-state index in [0.29, 0.717) is 13.0 Å². The molecule has 3 N–H and O–H groups in total. The molecule has 0 aromatic heterocycles. The predicted octanol–water partition coefficient (Wildman–Crippen LogP) is 1.83. The summed E-state index contributed by atoms with van der Waals surface area (Å²) in [5.74, 6) is 0.161.